The van der Waals surface area contributed by atoms with E-state index in [-0.39, 0.29) is 0 Å². The molecule has 2 nitrogen and oxygen atoms in total. The van der Waals surface area contributed by atoms with Gasteiger partial charge in [-0.05, 0) is 110 Å². The van der Waals surface area contributed by atoms with Gasteiger partial charge in [0.1, 0.15) is 0 Å². The van der Waals surface area contributed by atoms with E-state index in [1.807, 2.05) is 0 Å². The zero-order chi connectivity index (χ0) is 35.3. The van der Waals surface area contributed by atoms with Crippen LogP contribution in [-0.2, 0) is 0 Å². The molecule has 250 valence electrons. The molecular weight excluding hydrogens is 653 g/mol. The number of rotatable bonds is 4. The van der Waals surface area contributed by atoms with Crippen LogP contribution < -0.4 is 0 Å². The molecule has 0 fully saturated rings. The molecule has 11 aromatic rings. The van der Waals surface area contributed by atoms with Crippen molar-refractivity contribution in [2.75, 3.05) is 0 Å². The van der Waals surface area contributed by atoms with E-state index >= 15 is 0 Å². The van der Waals surface area contributed by atoms with Gasteiger partial charge in [-0.15, -0.1) is 0 Å². The monoisotopic (exact) mass is 684 g/mol. The molecule has 0 radical (unpaired) electrons. The molecule has 2 heteroatoms. The van der Waals surface area contributed by atoms with Crippen molar-refractivity contribution in [1.82, 2.24) is 9.13 Å². The zero-order valence-corrected chi connectivity index (χ0v) is 29.4. The molecule has 54 heavy (non-hydrogen) atoms. The van der Waals surface area contributed by atoms with Crippen LogP contribution in [0.2, 0.25) is 0 Å². The lowest BCUT2D eigenvalue weighted by molar-refractivity contribution is 1.18. The number of aromatic nitrogens is 2. The average molecular weight is 685 g/mol. The molecule has 12 rings (SSSR count). The molecule has 0 spiro atoms. The third-order valence-corrected chi connectivity index (χ3v) is 11.7. The van der Waals surface area contributed by atoms with Crippen molar-refractivity contribution in [2.24, 2.45) is 0 Å². The minimum atomic E-state index is 1.17. The minimum Gasteiger partial charge on any atom is -0.309 e. The molecule has 0 amide bonds. The van der Waals surface area contributed by atoms with E-state index in [9.17, 15) is 0 Å². The molecule has 0 saturated heterocycles. The fourth-order valence-corrected chi connectivity index (χ4v) is 9.29. The molecule has 1 aliphatic rings. The summed E-state index contributed by atoms with van der Waals surface area (Å²) < 4.78 is 4.80. The summed E-state index contributed by atoms with van der Waals surface area (Å²) in [5.74, 6) is 0. The number of para-hydroxylation sites is 4. The van der Waals surface area contributed by atoms with Crippen LogP contribution in [0.1, 0.15) is 0 Å². The second-order valence-corrected chi connectivity index (χ2v) is 14.5. The van der Waals surface area contributed by atoms with Gasteiger partial charge in [-0.1, -0.05) is 140 Å². The Morgan fingerprint density at radius 1 is 0.241 bits per heavy atom. The van der Waals surface area contributed by atoms with Gasteiger partial charge >= 0.3 is 0 Å². The Hall–Kier alpha value is -7.16. The van der Waals surface area contributed by atoms with Crippen molar-refractivity contribution in [3.8, 4) is 55.9 Å². The molecule has 0 atom stereocenters. The van der Waals surface area contributed by atoms with Crippen molar-refractivity contribution < 1.29 is 0 Å². The van der Waals surface area contributed by atoms with Crippen LogP contribution in [0.4, 0.5) is 0 Å². The van der Waals surface area contributed by atoms with Gasteiger partial charge in [0.2, 0.25) is 0 Å². The summed E-state index contributed by atoms with van der Waals surface area (Å²) in [6, 6.07) is 71.4. The lowest BCUT2D eigenvalue weighted by Crippen LogP contribution is -1.93. The number of fused-ring (bicyclic) bond motifs is 9. The highest BCUT2D eigenvalue weighted by atomic mass is 15.0. The zero-order valence-electron chi connectivity index (χ0n) is 29.4. The van der Waals surface area contributed by atoms with E-state index in [1.54, 1.807) is 0 Å². The van der Waals surface area contributed by atoms with E-state index in [4.69, 9.17) is 0 Å². The number of benzene rings is 9. The van der Waals surface area contributed by atoms with Crippen molar-refractivity contribution >= 4 is 54.4 Å². The highest BCUT2D eigenvalue weighted by Crippen LogP contribution is 2.51. The Kier molecular flexibility index (Phi) is 6.09. The Morgan fingerprint density at radius 2 is 0.704 bits per heavy atom. The molecule has 0 bridgehead atoms. The van der Waals surface area contributed by atoms with E-state index in [2.05, 4.69) is 203 Å². The Labute approximate surface area is 312 Å². The first-order valence-electron chi connectivity index (χ1n) is 18.7. The standard InChI is InChI=1S/C52H32N2/c1-3-12-36(13-4-1)53-48-20-9-7-16-40(48)42-26-23-34(31-50(42)53)33-22-25-39-46-29-28-38(44-18-11-19-45(52(44)46)47(39)30-33)35-24-27-43-41-17-8-10-21-49(41)54(51(43)32-35)37-14-5-2-6-15-37/h1-32H. The molecule has 1 aliphatic carbocycles. The van der Waals surface area contributed by atoms with E-state index in [1.165, 1.54) is 110 Å². The van der Waals surface area contributed by atoms with E-state index in [0.29, 0.717) is 0 Å². The van der Waals surface area contributed by atoms with Crippen molar-refractivity contribution in [3.05, 3.63) is 194 Å². The summed E-state index contributed by atoms with van der Waals surface area (Å²) in [6.45, 7) is 0. The number of hydrogen-bond acceptors (Lipinski definition) is 0. The number of hydrogen-bond donors (Lipinski definition) is 0. The van der Waals surface area contributed by atoms with Crippen LogP contribution in [0.25, 0.3) is 110 Å². The third kappa shape index (κ3) is 4.11. The second kappa shape index (κ2) is 11.2. The Bertz CT molecular complexity index is 3310. The molecule has 0 unspecified atom stereocenters. The summed E-state index contributed by atoms with van der Waals surface area (Å²) in [7, 11) is 0. The molecular formula is C52H32N2. The van der Waals surface area contributed by atoms with Crippen molar-refractivity contribution in [2.45, 2.75) is 0 Å². The van der Waals surface area contributed by atoms with Gasteiger partial charge in [0.05, 0.1) is 22.1 Å². The average Bonchev–Trinajstić information content (AvgIpc) is 3.87. The lowest BCUT2D eigenvalue weighted by atomic mass is 9.94. The van der Waals surface area contributed by atoms with Gasteiger partial charge in [0, 0.05) is 32.9 Å². The van der Waals surface area contributed by atoms with Crippen LogP contribution in [-0.4, -0.2) is 9.13 Å². The van der Waals surface area contributed by atoms with E-state index < -0.39 is 0 Å². The van der Waals surface area contributed by atoms with Crippen LogP contribution in [0.5, 0.6) is 0 Å². The van der Waals surface area contributed by atoms with Gasteiger partial charge in [0.15, 0.2) is 0 Å². The predicted molar refractivity (Wildman–Crippen MR) is 228 cm³/mol. The molecule has 2 aromatic heterocycles. The maximum absolute atomic E-state index is 2.41. The van der Waals surface area contributed by atoms with Gasteiger partial charge in [-0.2, -0.15) is 0 Å². The molecule has 0 N–H and O–H groups in total. The van der Waals surface area contributed by atoms with Gasteiger partial charge in [-0.25, -0.2) is 0 Å². The van der Waals surface area contributed by atoms with Gasteiger partial charge in [-0.3, -0.25) is 0 Å². The van der Waals surface area contributed by atoms with Gasteiger partial charge in [0.25, 0.3) is 0 Å². The largest absolute Gasteiger partial charge is 0.309 e. The topological polar surface area (TPSA) is 9.86 Å². The highest BCUT2D eigenvalue weighted by Gasteiger charge is 2.24. The maximum atomic E-state index is 2.41. The Morgan fingerprint density at radius 3 is 1.37 bits per heavy atom. The molecule has 0 saturated carbocycles. The molecule has 2 heterocycles. The summed E-state index contributed by atoms with van der Waals surface area (Å²) in [5.41, 5.74) is 17.4. The van der Waals surface area contributed by atoms with Gasteiger partial charge < -0.3 is 9.13 Å². The van der Waals surface area contributed by atoms with Crippen molar-refractivity contribution in [3.63, 3.8) is 0 Å². The summed E-state index contributed by atoms with van der Waals surface area (Å²) in [6.07, 6.45) is 0. The fraction of sp³-hybridized carbons (Fsp3) is 0. The smallest absolute Gasteiger partial charge is 0.0547 e. The fourth-order valence-electron chi connectivity index (χ4n) is 9.29. The van der Waals surface area contributed by atoms with Crippen LogP contribution in [0, 0.1) is 0 Å². The van der Waals surface area contributed by atoms with Crippen molar-refractivity contribution in [1.29, 1.82) is 0 Å². The first kappa shape index (κ1) is 29.4. The predicted octanol–water partition coefficient (Wildman–Crippen LogP) is 14.0. The second-order valence-electron chi connectivity index (χ2n) is 14.5. The summed E-state index contributed by atoms with van der Waals surface area (Å²) in [4.78, 5) is 0. The first-order chi connectivity index (χ1) is 26.8. The SMILES string of the molecule is c1ccc(-n2c3ccccc3c3ccc(-c4ccc5c(c4)-c4cccc6c(-c7ccc8c9ccccc9n(-c9ccccc9)c8c7)ccc-5c46)cc32)cc1. The first-order valence-corrected chi connectivity index (χ1v) is 18.7. The van der Waals surface area contributed by atoms with Crippen LogP contribution in [0.3, 0.4) is 0 Å². The lowest BCUT2D eigenvalue weighted by Gasteiger charge is -2.12. The highest BCUT2D eigenvalue weighted by molar-refractivity contribution is 6.20. The van der Waals surface area contributed by atoms with E-state index in [0.717, 1.165) is 0 Å². The van der Waals surface area contributed by atoms with Crippen LogP contribution >= 0.6 is 0 Å². The molecule has 9 aromatic carbocycles. The normalized spacial score (nSPS) is 12.1. The quantitative estimate of drug-likeness (QED) is 0.175. The third-order valence-electron chi connectivity index (χ3n) is 11.7. The van der Waals surface area contributed by atoms with Crippen LogP contribution in [0.15, 0.2) is 194 Å². The molecule has 0 aliphatic heterocycles. The summed E-state index contributed by atoms with van der Waals surface area (Å²) >= 11 is 0. The summed E-state index contributed by atoms with van der Waals surface area (Å²) in [5, 5.41) is 7.72. The Balaban J connectivity index is 1.01. The number of nitrogens with zero attached hydrogens (tertiary/aromatic N) is 2. The minimum absolute atomic E-state index is 1.17. The maximum Gasteiger partial charge on any atom is 0.0547 e.